The molecule has 0 unspecified atom stereocenters. The number of rotatable bonds is 9. The first-order valence-electron chi connectivity index (χ1n) is 5.70. The van der Waals surface area contributed by atoms with Crippen molar-refractivity contribution >= 4 is 14.0 Å². The Hall–Kier alpha value is 0.482. The summed E-state index contributed by atoms with van der Waals surface area (Å²) < 4.78 is 0. The molecule has 0 heterocycles. The molecule has 0 saturated carbocycles. The molecule has 0 rings (SSSR count). The predicted molar refractivity (Wildman–Crippen MR) is 84.6 cm³/mol. The molecule has 0 atom stereocenters. The first kappa shape index (κ1) is 19.8. The van der Waals surface area contributed by atoms with Gasteiger partial charge in [0.15, 0.2) is 0 Å². The zero-order valence-electron chi connectivity index (χ0n) is 10.9. The SMILES string of the molecule is C=CCP(CC)CC=C.C=CC[P]([Pd])CC=C. The van der Waals surface area contributed by atoms with Gasteiger partial charge in [-0.2, -0.15) is 0 Å². The average Bonchev–Trinajstić information content (AvgIpc) is 2.30. The second-order valence-electron chi connectivity index (χ2n) is 3.30. The molecular weight excluding hydrogens is 337 g/mol. The van der Waals surface area contributed by atoms with Crippen LogP contribution >= 0.6 is 14.0 Å². The molecule has 0 saturated heterocycles. The van der Waals surface area contributed by atoms with Crippen molar-refractivity contribution < 1.29 is 18.7 Å². The van der Waals surface area contributed by atoms with Gasteiger partial charge < -0.3 is 0 Å². The van der Waals surface area contributed by atoms with Crippen LogP contribution in [0, 0.1) is 0 Å². The molecule has 0 amide bonds. The molecule has 101 valence electrons. The van der Waals surface area contributed by atoms with Crippen molar-refractivity contribution in [3.05, 3.63) is 50.6 Å². The van der Waals surface area contributed by atoms with Gasteiger partial charge in [0.05, 0.1) is 0 Å². The average molecular weight is 362 g/mol. The standard InChI is InChI=1S/C8H15P.C6H10P.Pd/c1-4-7-9(6-3)8-5-2;1-3-5-7-6-4-2;/h4-5H,1-2,6-8H2,3H3;3-4H,1-2,5-6H2;/q;-1;+1. The Morgan fingerprint density at radius 3 is 1.41 bits per heavy atom. The molecule has 0 spiro atoms. The summed E-state index contributed by atoms with van der Waals surface area (Å²) in [6, 6.07) is 0. The van der Waals surface area contributed by atoms with E-state index in [1.807, 2.05) is 24.3 Å². The summed E-state index contributed by atoms with van der Waals surface area (Å²) in [6.07, 6.45) is 13.8. The fourth-order valence-electron chi connectivity index (χ4n) is 1.04. The van der Waals surface area contributed by atoms with E-state index in [4.69, 9.17) is 0 Å². The zero-order chi connectivity index (χ0) is 13.5. The molecule has 0 bridgehead atoms. The van der Waals surface area contributed by atoms with E-state index in [0.29, 0.717) is 0 Å². The molecular formula is C14H25P2Pd. The molecule has 0 aliphatic heterocycles. The van der Waals surface area contributed by atoms with Gasteiger partial charge in [0.1, 0.15) is 0 Å². The number of allylic oxidation sites excluding steroid dienone is 4. The van der Waals surface area contributed by atoms with Crippen LogP contribution in [0.15, 0.2) is 50.6 Å². The molecule has 0 aliphatic carbocycles. The van der Waals surface area contributed by atoms with E-state index in [9.17, 15) is 0 Å². The molecule has 0 nitrogen and oxygen atoms in total. The van der Waals surface area contributed by atoms with Gasteiger partial charge in [-0.3, -0.25) is 0 Å². The van der Waals surface area contributed by atoms with E-state index in [1.54, 1.807) is 0 Å². The summed E-state index contributed by atoms with van der Waals surface area (Å²) >= 11 is 3.27. The van der Waals surface area contributed by atoms with Crippen LogP contribution in [0.1, 0.15) is 6.92 Å². The third kappa shape index (κ3) is 16.5. The molecule has 0 fully saturated rings. The Bertz CT molecular complexity index is 194. The Morgan fingerprint density at radius 2 is 1.18 bits per heavy atom. The van der Waals surface area contributed by atoms with Crippen LogP contribution in [-0.4, -0.2) is 30.8 Å². The van der Waals surface area contributed by atoms with E-state index in [-0.39, 0.29) is 14.0 Å². The molecule has 0 aromatic rings. The second kappa shape index (κ2) is 16.5. The minimum absolute atomic E-state index is 0.0331. The quantitative estimate of drug-likeness (QED) is 0.302. The summed E-state index contributed by atoms with van der Waals surface area (Å²) in [5, 5.41) is 0. The van der Waals surface area contributed by atoms with Gasteiger partial charge in [-0.15, -0.1) is 13.2 Å². The van der Waals surface area contributed by atoms with Crippen molar-refractivity contribution in [2.45, 2.75) is 6.92 Å². The zero-order valence-corrected chi connectivity index (χ0v) is 14.2. The summed E-state index contributed by atoms with van der Waals surface area (Å²) in [7, 11) is 0.205. The summed E-state index contributed by atoms with van der Waals surface area (Å²) in [4.78, 5) is 0. The van der Waals surface area contributed by atoms with E-state index in [0.717, 1.165) is 12.3 Å². The van der Waals surface area contributed by atoms with Gasteiger partial charge in [0, 0.05) is 0 Å². The van der Waals surface area contributed by atoms with E-state index in [2.05, 4.69) is 51.9 Å². The van der Waals surface area contributed by atoms with Crippen molar-refractivity contribution in [3.63, 3.8) is 0 Å². The third-order valence-corrected chi connectivity index (χ3v) is 7.26. The first-order valence-corrected chi connectivity index (χ1v) is 11.2. The Kier molecular flexibility index (Phi) is 19.2. The Morgan fingerprint density at radius 1 is 0.824 bits per heavy atom. The number of hydrogen-bond donors (Lipinski definition) is 0. The van der Waals surface area contributed by atoms with E-state index >= 15 is 0 Å². The van der Waals surface area contributed by atoms with Gasteiger partial charge in [-0.05, 0) is 18.5 Å². The minimum atomic E-state index is 0.0331. The van der Waals surface area contributed by atoms with Crippen LogP contribution in [0.2, 0.25) is 0 Å². The van der Waals surface area contributed by atoms with Gasteiger partial charge in [0.2, 0.25) is 0 Å². The van der Waals surface area contributed by atoms with Crippen molar-refractivity contribution in [2.75, 3.05) is 30.8 Å². The molecule has 0 aliphatic rings. The third-order valence-electron chi connectivity index (χ3n) is 1.85. The normalized spacial score (nSPS) is 9.47. The molecule has 0 aromatic heterocycles. The molecule has 0 radical (unpaired) electrons. The second-order valence-corrected chi connectivity index (χ2v) is 10.5. The first-order chi connectivity index (χ1) is 8.15. The van der Waals surface area contributed by atoms with Crippen LogP contribution in [0.5, 0.6) is 0 Å². The summed E-state index contributed by atoms with van der Waals surface area (Å²) in [6.45, 7) is 16.9. The topological polar surface area (TPSA) is 0 Å². The van der Waals surface area contributed by atoms with E-state index < -0.39 is 0 Å². The van der Waals surface area contributed by atoms with Crippen LogP contribution in [-0.2, 0) is 18.7 Å². The maximum atomic E-state index is 3.71. The fourth-order valence-corrected chi connectivity index (χ4v) is 4.31. The molecule has 17 heavy (non-hydrogen) atoms. The van der Waals surface area contributed by atoms with Crippen molar-refractivity contribution in [1.82, 2.24) is 0 Å². The molecule has 0 aromatic carbocycles. The van der Waals surface area contributed by atoms with Crippen LogP contribution < -0.4 is 0 Å². The Labute approximate surface area is 121 Å². The molecule has 3 heteroatoms. The maximum absolute atomic E-state index is 3.71. The van der Waals surface area contributed by atoms with Gasteiger partial charge in [-0.1, -0.05) is 27.0 Å². The predicted octanol–water partition coefficient (Wildman–Crippen LogP) is 5.16. The van der Waals surface area contributed by atoms with Crippen LogP contribution in [0.25, 0.3) is 0 Å². The fraction of sp³-hybridized carbons (Fsp3) is 0.429. The monoisotopic (exact) mass is 361 g/mol. The van der Waals surface area contributed by atoms with Gasteiger partial charge in [-0.25, -0.2) is 0 Å². The Balaban J connectivity index is 0. The van der Waals surface area contributed by atoms with E-state index in [1.165, 1.54) is 18.5 Å². The van der Waals surface area contributed by atoms with Crippen molar-refractivity contribution in [2.24, 2.45) is 0 Å². The molecule has 0 N–H and O–H groups in total. The van der Waals surface area contributed by atoms with Gasteiger partial charge >= 0.3 is 62.4 Å². The van der Waals surface area contributed by atoms with Crippen LogP contribution in [0.4, 0.5) is 0 Å². The summed E-state index contributed by atoms with van der Waals surface area (Å²) in [5.41, 5.74) is 0. The van der Waals surface area contributed by atoms with Crippen molar-refractivity contribution in [3.8, 4) is 0 Å². The van der Waals surface area contributed by atoms with Crippen LogP contribution in [0.3, 0.4) is 0 Å². The van der Waals surface area contributed by atoms with Crippen molar-refractivity contribution in [1.29, 1.82) is 0 Å². The number of hydrogen-bond acceptors (Lipinski definition) is 0. The van der Waals surface area contributed by atoms with Gasteiger partial charge in [0.25, 0.3) is 0 Å². The summed E-state index contributed by atoms with van der Waals surface area (Å²) in [5.74, 6) is 0.